The van der Waals surface area contributed by atoms with Gasteiger partial charge >= 0.3 is 0 Å². The molecule has 5 rings (SSSR count). The first-order chi connectivity index (χ1) is 14.6. The normalized spacial score (nSPS) is 16.8. The van der Waals surface area contributed by atoms with E-state index in [2.05, 4.69) is 29.5 Å². The van der Waals surface area contributed by atoms with E-state index < -0.39 is 5.41 Å². The molecule has 1 unspecified atom stereocenters. The Balaban J connectivity index is 1.25. The third-order valence-electron chi connectivity index (χ3n) is 5.93. The minimum absolute atomic E-state index is 0.0357. The van der Waals surface area contributed by atoms with Crippen LogP contribution in [0.3, 0.4) is 0 Å². The molecule has 0 spiro atoms. The largest absolute Gasteiger partial charge is 0.454 e. The first-order valence-electron chi connectivity index (χ1n) is 10.4. The predicted octanol–water partition coefficient (Wildman–Crippen LogP) is 4.24. The van der Waals surface area contributed by atoms with Crippen LogP contribution in [0.1, 0.15) is 37.4 Å². The molecule has 1 N–H and O–H groups in total. The second-order valence-corrected chi connectivity index (χ2v) is 8.13. The number of aryl methyl sites for hydroxylation is 1. The molecule has 2 aromatic carbocycles. The van der Waals surface area contributed by atoms with E-state index in [1.165, 1.54) is 5.56 Å². The van der Waals surface area contributed by atoms with Crippen molar-refractivity contribution in [2.75, 3.05) is 6.79 Å². The molecule has 1 aromatic heterocycles. The number of benzene rings is 2. The van der Waals surface area contributed by atoms with Crippen LogP contribution < -0.4 is 14.8 Å². The number of ether oxygens (including phenoxy) is 2. The summed E-state index contributed by atoms with van der Waals surface area (Å²) in [5.41, 5.74) is 2.26. The lowest BCUT2D eigenvalue weighted by Gasteiger charge is -2.18. The van der Waals surface area contributed by atoms with Crippen molar-refractivity contribution in [3.8, 4) is 22.8 Å². The molecular formula is C24H24N2O4. The topological polar surface area (TPSA) is 73.6 Å². The Labute approximate surface area is 175 Å². The van der Waals surface area contributed by atoms with Crippen molar-refractivity contribution in [1.29, 1.82) is 0 Å². The molecule has 154 valence electrons. The van der Waals surface area contributed by atoms with Gasteiger partial charge in [-0.2, -0.15) is 0 Å². The molecule has 6 heteroatoms. The standard InChI is InChI=1S/C24H24N2O4/c1-16(7-8-17-5-3-2-4-6-17)25-23(27)24(11-12-24)22-14-20(30-26-22)18-9-10-19-21(13-18)29-15-28-19/h2-6,9-10,13-14,16H,7-8,11-12,15H2,1H3,(H,25,27). The molecule has 0 radical (unpaired) electrons. The predicted molar refractivity (Wildman–Crippen MR) is 111 cm³/mol. The van der Waals surface area contributed by atoms with Gasteiger partial charge in [0.05, 0.1) is 11.1 Å². The Kier molecular flexibility index (Phi) is 4.69. The van der Waals surface area contributed by atoms with Crippen molar-refractivity contribution in [3.63, 3.8) is 0 Å². The molecule has 1 amide bonds. The van der Waals surface area contributed by atoms with E-state index in [-0.39, 0.29) is 18.7 Å². The summed E-state index contributed by atoms with van der Waals surface area (Å²) >= 11 is 0. The summed E-state index contributed by atoms with van der Waals surface area (Å²) in [5.74, 6) is 2.07. The molecule has 1 saturated carbocycles. The number of hydrogen-bond acceptors (Lipinski definition) is 5. The maximum Gasteiger partial charge on any atom is 0.232 e. The smallest absolute Gasteiger partial charge is 0.232 e. The highest BCUT2D eigenvalue weighted by atomic mass is 16.7. The maximum absolute atomic E-state index is 13.0. The summed E-state index contributed by atoms with van der Waals surface area (Å²) in [4.78, 5) is 13.0. The van der Waals surface area contributed by atoms with Gasteiger partial charge in [-0.1, -0.05) is 35.5 Å². The van der Waals surface area contributed by atoms with E-state index in [9.17, 15) is 4.79 Å². The zero-order chi connectivity index (χ0) is 20.6. The Bertz CT molecular complexity index is 1060. The van der Waals surface area contributed by atoms with Gasteiger partial charge in [-0.25, -0.2) is 0 Å². The summed E-state index contributed by atoms with van der Waals surface area (Å²) in [7, 11) is 0. The highest BCUT2D eigenvalue weighted by Crippen LogP contribution is 2.49. The van der Waals surface area contributed by atoms with Gasteiger partial charge in [-0.15, -0.1) is 0 Å². The van der Waals surface area contributed by atoms with E-state index >= 15 is 0 Å². The van der Waals surface area contributed by atoms with Crippen LogP contribution in [0.15, 0.2) is 59.1 Å². The van der Waals surface area contributed by atoms with E-state index in [0.717, 1.165) is 37.0 Å². The highest BCUT2D eigenvalue weighted by Gasteiger charge is 2.54. The van der Waals surface area contributed by atoms with Gasteiger partial charge in [0.25, 0.3) is 0 Å². The number of carbonyl (C=O) groups excluding carboxylic acids is 1. The van der Waals surface area contributed by atoms with Crippen LogP contribution in [0.4, 0.5) is 0 Å². The number of carbonyl (C=O) groups is 1. The van der Waals surface area contributed by atoms with E-state index in [0.29, 0.717) is 17.2 Å². The van der Waals surface area contributed by atoms with Crippen LogP contribution in [-0.2, 0) is 16.6 Å². The van der Waals surface area contributed by atoms with Gasteiger partial charge < -0.3 is 19.3 Å². The number of nitrogens with one attached hydrogen (secondary N) is 1. The van der Waals surface area contributed by atoms with Crippen LogP contribution in [0.2, 0.25) is 0 Å². The van der Waals surface area contributed by atoms with Gasteiger partial charge in [0.2, 0.25) is 12.7 Å². The lowest BCUT2D eigenvalue weighted by molar-refractivity contribution is -0.124. The molecule has 0 saturated heterocycles. The summed E-state index contributed by atoms with van der Waals surface area (Å²) < 4.78 is 16.4. The fourth-order valence-electron chi connectivity index (χ4n) is 3.87. The highest BCUT2D eigenvalue weighted by molar-refractivity contribution is 5.91. The molecule has 0 bridgehead atoms. The van der Waals surface area contributed by atoms with E-state index in [1.54, 1.807) is 0 Å². The SMILES string of the molecule is CC(CCc1ccccc1)NC(=O)C1(c2cc(-c3ccc4c(c3)OCO4)on2)CC1. The summed E-state index contributed by atoms with van der Waals surface area (Å²) in [6, 6.07) is 17.9. The molecule has 1 atom stereocenters. The average Bonchev–Trinajstić information content (AvgIpc) is 3.20. The zero-order valence-corrected chi connectivity index (χ0v) is 16.9. The maximum atomic E-state index is 13.0. The minimum Gasteiger partial charge on any atom is -0.454 e. The van der Waals surface area contributed by atoms with Crippen LogP contribution in [0.25, 0.3) is 11.3 Å². The van der Waals surface area contributed by atoms with E-state index in [4.69, 9.17) is 14.0 Å². The van der Waals surface area contributed by atoms with E-state index in [1.807, 2.05) is 42.5 Å². The fraction of sp³-hybridized carbons (Fsp3) is 0.333. The van der Waals surface area contributed by atoms with Crippen molar-refractivity contribution >= 4 is 5.91 Å². The molecule has 1 fully saturated rings. The zero-order valence-electron chi connectivity index (χ0n) is 16.9. The van der Waals surface area contributed by atoms with Crippen LogP contribution >= 0.6 is 0 Å². The molecule has 1 aliphatic heterocycles. The molecule has 1 aliphatic carbocycles. The first-order valence-corrected chi connectivity index (χ1v) is 10.4. The number of amides is 1. The molecule has 30 heavy (non-hydrogen) atoms. The minimum atomic E-state index is -0.570. The number of fused-ring (bicyclic) bond motifs is 1. The molecule has 2 aliphatic rings. The van der Waals surface area contributed by atoms with Gasteiger partial charge in [-0.05, 0) is 56.4 Å². The second kappa shape index (κ2) is 7.52. The summed E-state index contributed by atoms with van der Waals surface area (Å²) in [6.45, 7) is 2.28. The number of hydrogen-bond donors (Lipinski definition) is 1. The van der Waals surface area contributed by atoms with Crippen molar-refractivity contribution in [3.05, 3.63) is 65.9 Å². The number of rotatable bonds is 7. The van der Waals surface area contributed by atoms with Gasteiger partial charge in [0.1, 0.15) is 0 Å². The monoisotopic (exact) mass is 404 g/mol. The van der Waals surface area contributed by atoms with Crippen molar-refractivity contribution < 1.29 is 18.8 Å². The molecular weight excluding hydrogens is 380 g/mol. The Hall–Kier alpha value is -3.28. The lowest BCUT2D eigenvalue weighted by atomic mass is 9.99. The molecule has 6 nitrogen and oxygen atoms in total. The second-order valence-electron chi connectivity index (χ2n) is 8.13. The summed E-state index contributed by atoms with van der Waals surface area (Å²) in [6.07, 6.45) is 3.41. The molecule has 2 heterocycles. The fourth-order valence-corrected chi connectivity index (χ4v) is 3.87. The number of aromatic nitrogens is 1. The van der Waals surface area contributed by atoms with Gasteiger partial charge in [0, 0.05) is 17.7 Å². The number of nitrogens with zero attached hydrogens (tertiary/aromatic N) is 1. The molecule has 3 aromatic rings. The summed E-state index contributed by atoms with van der Waals surface area (Å²) in [5, 5.41) is 7.41. The Morgan fingerprint density at radius 1 is 1.10 bits per heavy atom. The third kappa shape index (κ3) is 3.54. The van der Waals surface area contributed by atoms with Gasteiger partial charge in [0.15, 0.2) is 17.3 Å². The van der Waals surface area contributed by atoms with Crippen molar-refractivity contribution in [2.24, 2.45) is 0 Å². The van der Waals surface area contributed by atoms with Crippen LogP contribution in [-0.4, -0.2) is 23.9 Å². The average molecular weight is 404 g/mol. The quantitative estimate of drug-likeness (QED) is 0.638. The van der Waals surface area contributed by atoms with Crippen LogP contribution in [0, 0.1) is 0 Å². The first kappa shape index (κ1) is 18.7. The Morgan fingerprint density at radius 2 is 1.90 bits per heavy atom. The van der Waals surface area contributed by atoms with Crippen molar-refractivity contribution in [2.45, 2.75) is 44.1 Å². The van der Waals surface area contributed by atoms with Crippen LogP contribution in [0.5, 0.6) is 11.5 Å². The third-order valence-corrected chi connectivity index (χ3v) is 5.93. The van der Waals surface area contributed by atoms with Crippen molar-refractivity contribution in [1.82, 2.24) is 10.5 Å². The van der Waals surface area contributed by atoms with Gasteiger partial charge in [-0.3, -0.25) is 4.79 Å². The Morgan fingerprint density at radius 3 is 2.70 bits per heavy atom. The lowest BCUT2D eigenvalue weighted by Crippen LogP contribution is -2.40.